The Labute approximate surface area is 193 Å². The van der Waals surface area contributed by atoms with Crippen LogP contribution in [0.15, 0.2) is 41.3 Å². The molecule has 6 nitrogen and oxygen atoms in total. The molecule has 2 aromatic heterocycles. The molecule has 3 N–H and O–H groups in total. The van der Waals surface area contributed by atoms with E-state index in [0.29, 0.717) is 30.5 Å². The number of methoxy groups -OCH3 is 1. The molecule has 0 radical (unpaired) electrons. The summed E-state index contributed by atoms with van der Waals surface area (Å²) in [5.41, 5.74) is 5.57. The molecule has 0 spiro atoms. The molecule has 1 saturated carbocycles. The Hall–Kier alpha value is -3.43. The molecule has 0 aliphatic heterocycles. The highest BCUT2D eigenvalue weighted by atomic mass is 19.3. The molecule has 1 aromatic carbocycles. The van der Waals surface area contributed by atoms with Gasteiger partial charge in [-0.15, -0.1) is 0 Å². The van der Waals surface area contributed by atoms with Crippen molar-refractivity contribution in [3.63, 3.8) is 0 Å². The number of carbonyl (C=O) groups is 1. The highest BCUT2D eigenvalue weighted by Gasteiger charge is 2.44. The first-order valence-corrected chi connectivity index (χ1v) is 10.8. The number of benzene rings is 1. The van der Waals surface area contributed by atoms with E-state index in [2.05, 4.69) is 14.7 Å². The Kier molecular flexibility index (Phi) is 7.58. The molecule has 182 valence electrons. The van der Waals surface area contributed by atoms with E-state index in [-0.39, 0.29) is 23.3 Å². The Balaban J connectivity index is 0.000000271. The average Bonchev–Trinajstić information content (AvgIpc) is 2.80. The topological polar surface area (TPSA) is 98.1 Å². The van der Waals surface area contributed by atoms with E-state index >= 15 is 0 Å². The number of alkyl halides is 2. The molecule has 1 aliphatic rings. The van der Waals surface area contributed by atoms with Crippen LogP contribution in [0, 0.1) is 17.6 Å². The molecule has 2 unspecified atom stereocenters. The van der Waals surface area contributed by atoms with Gasteiger partial charge in [0.2, 0.25) is 5.82 Å². The Morgan fingerprint density at radius 1 is 1.26 bits per heavy atom. The molecule has 3 aromatic rings. The monoisotopic (exact) mass is 479 g/mol. The molecular weight excluding hydrogens is 454 g/mol. The molecule has 2 heterocycles. The Morgan fingerprint density at radius 3 is 2.59 bits per heavy atom. The standard InChI is InChI=1S/C17H19F2N3O2.C7H6F2O/c1-2-10-4-3-9(8-17(10,18)19)12-7-13(23)14-11(22-12)5-6-21-15(14)16(20)24;1-10-6-4-2-3-5(8)7(6)9/h5-7,9-10H,2-4,8H2,1H3,(H2,20,24)(H,22,23);2-4H,1H3. The van der Waals surface area contributed by atoms with Crippen molar-refractivity contribution in [2.45, 2.75) is 44.4 Å². The van der Waals surface area contributed by atoms with Crippen molar-refractivity contribution in [2.24, 2.45) is 11.7 Å². The number of fused-ring (bicyclic) bond motifs is 1. The number of halogens is 4. The minimum atomic E-state index is -2.74. The van der Waals surface area contributed by atoms with Crippen LogP contribution in [-0.2, 0) is 0 Å². The zero-order valence-corrected chi connectivity index (χ0v) is 18.7. The predicted octanol–water partition coefficient (Wildman–Crippen LogP) is 4.92. The third kappa shape index (κ3) is 5.21. The molecule has 1 aliphatic carbocycles. The summed E-state index contributed by atoms with van der Waals surface area (Å²) in [4.78, 5) is 30.7. The smallest absolute Gasteiger partial charge is 0.268 e. The number of rotatable bonds is 4. The van der Waals surface area contributed by atoms with Gasteiger partial charge in [0, 0.05) is 36.2 Å². The van der Waals surface area contributed by atoms with Gasteiger partial charge in [0.15, 0.2) is 17.0 Å². The van der Waals surface area contributed by atoms with E-state index in [1.807, 2.05) is 0 Å². The number of nitrogens with zero attached hydrogens (tertiary/aromatic N) is 1. The lowest BCUT2D eigenvalue weighted by molar-refractivity contribution is -0.0931. The summed E-state index contributed by atoms with van der Waals surface area (Å²) < 4.78 is 57.8. The summed E-state index contributed by atoms with van der Waals surface area (Å²) in [6.07, 6.45) is 2.56. The van der Waals surface area contributed by atoms with Gasteiger partial charge in [-0.1, -0.05) is 13.0 Å². The third-order valence-corrected chi connectivity index (χ3v) is 6.04. The summed E-state index contributed by atoms with van der Waals surface area (Å²) in [6.45, 7) is 1.77. The Bertz CT molecular complexity index is 1250. The van der Waals surface area contributed by atoms with Crippen LogP contribution in [-0.4, -0.2) is 28.9 Å². The second kappa shape index (κ2) is 10.2. The fourth-order valence-electron chi connectivity index (χ4n) is 4.25. The van der Waals surface area contributed by atoms with E-state index in [1.165, 1.54) is 31.5 Å². The van der Waals surface area contributed by atoms with Crippen LogP contribution in [0.4, 0.5) is 17.6 Å². The van der Waals surface area contributed by atoms with Gasteiger partial charge in [0.1, 0.15) is 5.69 Å². The van der Waals surface area contributed by atoms with Crippen molar-refractivity contribution in [1.82, 2.24) is 9.97 Å². The van der Waals surface area contributed by atoms with Gasteiger partial charge in [-0.25, -0.2) is 13.2 Å². The zero-order chi connectivity index (χ0) is 25.0. The van der Waals surface area contributed by atoms with Gasteiger partial charge in [0.25, 0.3) is 11.8 Å². The maximum absolute atomic E-state index is 14.2. The maximum atomic E-state index is 14.2. The lowest BCUT2D eigenvalue weighted by atomic mass is 9.76. The van der Waals surface area contributed by atoms with Crippen molar-refractivity contribution in [2.75, 3.05) is 7.11 Å². The number of hydrogen-bond acceptors (Lipinski definition) is 4. The fraction of sp³-hybridized carbons (Fsp3) is 0.375. The van der Waals surface area contributed by atoms with Crippen LogP contribution < -0.4 is 15.9 Å². The number of H-pyrrole nitrogens is 1. The van der Waals surface area contributed by atoms with Gasteiger partial charge in [-0.3, -0.25) is 14.6 Å². The summed E-state index contributed by atoms with van der Waals surface area (Å²) in [5, 5.41) is 0.0998. The number of amides is 1. The first kappa shape index (κ1) is 25.2. The predicted molar refractivity (Wildman–Crippen MR) is 119 cm³/mol. The van der Waals surface area contributed by atoms with Gasteiger partial charge in [-0.05, 0) is 37.5 Å². The van der Waals surface area contributed by atoms with Gasteiger partial charge >= 0.3 is 0 Å². The van der Waals surface area contributed by atoms with Crippen LogP contribution >= 0.6 is 0 Å². The number of primary amides is 1. The van der Waals surface area contributed by atoms with Crippen molar-refractivity contribution in [3.05, 3.63) is 69.8 Å². The van der Waals surface area contributed by atoms with Crippen molar-refractivity contribution in [3.8, 4) is 5.75 Å². The number of aromatic nitrogens is 2. The number of hydrogen-bond donors (Lipinski definition) is 2. The third-order valence-electron chi connectivity index (χ3n) is 6.04. The van der Waals surface area contributed by atoms with Gasteiger partial charge < -0.3 is 15.5 Å². The first-order valence-electron chi connectivity index (χ1n) is 10.8. The number of nitrogens with one attached hydrogen (secondary N) is 1. The minimum Gasteiger partial charge on any atom is -0.494 e. The maximum Gasteiger partial charge on any atom is 0.268 e. The molecule has 4 rings (SSSR count). The molecule has 34 heavy (non-hydrogen) atoms. The SMILES string of the molecule is CCC1CCC(c2cc(=O)c3c(C(N)=O)nccc3[nH]2)CC1(F)F.COc1cccc(F)c1F. The van der Waals surface area contributed by atoms with E-state index < -0.39 is 40.7 Å². The number of carbonyl (C=O) groups excluding carboxylic acids is 1. The first-order chi connectivity index (χ1) is 16.1. The summed E-state index contributed by atoms with van der Waals surface area (Å²) in [6, 6.07) is 6.62. The largest absolute Gasteiger partial charge is 0.494 e. The molecular formula is C24H25F4N3O3. The van der Waals surface area contributed by atoms with Crippen LogP contribution in [0.2, 0.25) is 0 Å². The van der Waals surface area contributed by atoms with E-state index in [9.17, 15) is 27.2 Å². The number of aromatic amines is 1. The molecule has 1 amide bonds. The second-order valence-electron chi connectivity index (χ2n) is 8.14. The Morgan fingerprint density at radius 2 is 2.00 bits per heavy atom. The summed E-state index contributed by atoms with van der Waals surface area (Å²) >= 11 is 0. The van der Waals surface area contributed by atoms with Gasteiger partial charge in [0.05, 0.1) is 18.0 Å². The highest BCUT2D eigenvalue weighted by Crippen LogP contribution is 2.46. The van der Waals surface area contributed by atoms with E-state index in [4.69, 9.17) is 5.73 Å². The average molecular weight is 479 g/mol. The number of nitrogens with two attached hydrogens (primary N) is 1. The summed E-state index contributed by atoms with van der Waals surface area (Å²) in [5.74, 6) is -6.45. The molecule has 1 fully saturated rings. The molecule has 0 saturated heterocycles. The highest BCUT2D eigenvalue weighted by molar-refractivity contribution is 6.03. The number of ether oxygens (including phenoxy) is 1. The fourth-order valence-corrected chi connectivity index (χ4v) is 4.25. The minimum absolute atomic E-state index is 0.0694. The van der Waals surface area contributed by atoms with Gasteiger partial charge in [-0.2, -0.15) is 4.39 Å². The van der Waals surface area contributed by atoms with Crippen molar-refractivity contribution >= 4 is 16.8 Å². The lowest BCUT2D eigenvalue weighted by Crippen LogP contribution is -2.35. The molecule has 2 atom stereocenters. The quantitative estimate of drug-likeness (QED) is 0.519. The van der Waals surface area contributed by atoms with Crippen LogP contribution in [0.3, 0.4) is 0 Å². The van der Waals surface area contributed by atoms with Crippen molar-refractivity contribution in [1.29, 1.82) is 0 Å². The lowest BCUT2D eigenvalue weighted by Gasteiger charge is -2.35. The van der Waals surface area contributed by atoms with Crippen molar-refractivity contribution < 1.29 is 27.1 Å². The molecule has 10 heteroatoms. The van der Waals surface area contributed by atoms with Crippen LogP contribution in [0.25, 0.3) is 10.9 Å². The normalized spacial score (nSPS) is 19.2. The second-order valence-corrected chi connectivity index (χ2v) is 8.14. The molecule has 0 bridgehead atoms. The van der Waals surface area contributed by atoms with E-state index in [1.54, 1.807) is 13.0 Å². The summed E-state index contributed by atoms with van der Waals surface area (Å²) in [7, 11) is 1.29. The van der Waals surface area contributed by atoms with Crippen LogP contribution in [0.5, 0.6) is 5.75 Å². The van der Waals surface area contributed by atoms with Crippen LogP contribution in [0.1, 0.15) is 54.7 Å². The van der Waals surface area contributed by atoms with E-state index in [0.717, 1.165) is 6.07 Å². The number of pyridine rings is 2. The zero-order valence-electron chi connectivity index (χ0n) is 18.7.